The Morgan fingerprint density at radius 2 is 2.12 bits per heavy atom. The van der Waals surface area contributed by atoms with Crippen molar-refractivity contribution >= 4 is 6.08 Å². The van der Waals surface area contributed by atoms with Crippen LogP contribution >= 0.6 is 0 Å². The van der Waals surface area contributed by atoms with Gasteiger partial charge in [-0.25, -0.2) is 0 Å². The average Bonchev–Trinajstić information content (AvgIpc) is 2.33. The van der Waals surface area contributed by atoms with Gasteiger partial charge in [0.05, 0.1) is 6.54 Å². The molecule has 0 radical (unpaired) electrons. The second-order valence-corrected chi connectivity index (χ2v) is 3.88. The van der Waals surface area contributed by atoms with Gasteiger partial charge in [-0.2, -0.15) is 0 Å². The molecule has 1 heteroatoms. The maximum atomic E-state index is 5.18. The minimum absolute atomic E-state index is 0.483. The van der Waals surface area contributed by atoms with E-state index in [0.717, 1.165) is 12.8 Å². The van der Waals surface area contributed by atoms with E-state index in [-0.39, 0.29) is 0 Å². The van der Waals surface area contributed by atoms with Gasteiger partial charge in [-0.1, -0.05) is 48.4 Å². The molecule has 1 nitrogen and oxygen atoms in total. The zero-order valence-electron chi connectivity index (χ0n) is 9.82. The highest BCUT2D eigenvalue weighted by atomic mass is 14.9. The average molecular weight is 213 g/mol. The molecule has 0 spiro atoms. The molecule has 0 aliphatic heterocycles. The normalized spacial score (nSPS) is 12.5. The Bertz CT molecular complexity index is 345. The first-order valence-electron chi connectivity index (χ1n) is 5.71. The summed E-state index contributed by atoms with van der Waals surface area (Å²) in [6.45, 7) is 2.82. The number of nitrogens with one attached hydrogen (secondary N) is 1. The lowest BCUT2D eigenvalue weighted by Crippen LogP contribution is -2.25. The summed E-state index contributed by atoms with van der Waals surface area (Å²) in [4.78, 5) is 0. The van der Waals surface area contributed by atoms with Crippen LogP contribution < -0.4 is 5.32 Å². The number of allylic oxidation sites excluding steroid dienone is 1. The second kappa shape index (κ2) is 7.73. The lowest BCUT2D eigenvalue weighted by atomic mass is 10.1. The molecule has 1 aromatic rings. The molecule has 0 amide bonds. The molecule has 0 bridgehead atoms. The van der Waals surface area contributed by atoms with Crippen LogP contribution in [0.4, 0.5) is 0 Å². The van der Waals surface area contributed by atoms with Crippen molar-refractivity contribution < 1.29 is 0 Å². The van der Waals surface area contributed by atoms with E-state index < -0.39 is 0 Å². The number of benzene rings is 1. The molecule has 16 heavy (non-hydrogen) atoms. The van der Waals surface area contributed by atoms with Crippen molar-refractivity contribution in [2.75, 3.05) is 6.54 Å². The zero-order valence-corrected chi connectivity index (χ0v) is 9.82. The minimum Gasteiger partial charge on any atom is -0.304 e. The molecule has 0 aliphatic carbocycles. The van der Waals surface area contributed by atoms with Crippen LogP contribution in [-0.4, -0.2) is 12.6 Å². The van der Waals surface area contributed by atoms with Crippen molar-refractivity contribution in [3.63, 3.8) is 0 Å². The number of rotatable bonds is 6. The molecule has 0 saturated carbocycles. The summed E-state index contributed by atoms with van der Waals surface area (Å²) < 4.78 is 0. The predicted octanol–water partition coefficient (Wildman–Crippen LogP) is 3.09. The first-order valence-corrected chi connectivity index (χ1v) is 5.71. The zero-order chi connectivity index (χ0) is 11.6. The van der Waals surface area contributed by atoms with E-state index in [0.29, 0.717) is 12.6 Å². The molecule has 0 aliphatic rings. The molecular formula is C15H19N. The first kappa shape index (κ1) is 12.5. The van der Waals surface area contributed by atoms with E-state index in [1.807, 2.05) is 6.07 Å². The standard InChI is InChI=1S/C15H19N/c1-3-13-16-14(2)9-7-8-12-15-10-5-4-6-11-15/h1,4-6,8,10-12,14,16H,7,9,13H2,2H3/b12-8+. The van der Waals surface area contributed by atoms with Crippen molar-refractivity contribution in [1.82, 2.24) is 5.32 Å². The van der Waals surface area contributed by atoms with E-state index in [2.05, 4.69) is 54.6 Å². The van der Waals surface area contributed by atoms with Crippen LogP contribution in [0.3, 0.4) is 0 Å². The van der Waals surface area contributed by atoms with Crippen molar-refractivity contribution in [3.05, 3.63) is 42.0 Å². The van der Waals surface area contributed by atoms with Gasteiger partial charge >= 0.3 is 0 Å². The van der Waals surface area contributed by atoms with Gasteiger partial charge in [-0.05, 0) is 25.3 Å². The summed E-state index contributed by atoms with van der Waals surface area (Å²) in [5, 5.41) is 3.26. The van der Waals surface area contributed by atoms with E-state index in [1.165, 1.54) is 5.56 Å². The monoisotopic (exact) mass is 213 g/mol. The third kappa shape index (κ3) is 5.38. The molecule has 1 N–H and O–H groups in total. The number of terminal acetylenes is 1. The van der Waals surface area contributed by atoms with Crippen LogP contribution in [0.1, 0.15) is 25.3 Å². The number of hydrogen-bond acceptors (Lipinski definition) is 1. The highest BCUT2D eigenvalue weighted by Crippen LogP contribution is 2.04. The van der Waals surface area contributed by atoms with E-state index >= 15 is 0 Å². The Labute approximate surface area is 98.6 Å². The van der Waals surface area contributed by atoms with Crippen molar-refractivity contribution in [2.24, 2.45) is 0 Å². The Morgan fingerprint density at radius 3 is 2.81 bits per heavy atom. The molecule has 0 saturated heterocycles. The fraction of sp³-hybridized carbons (Fsp3) is 0.333. The van der Waals surface area contributed by atoms with E-state index in [4.69, 9.17) is 6.42 Å². The summed E-state index contributed by atoms with van der Waals surface area (Å²) in [6, 6.07) is 10.8. The van der Waals surface area contributed by atoms with Gasteiger partial charge in [-0.15, -0.1) is 6.42 Å². The van der Waals surface area contributed by atoms with Crippen LogP contribution in [-0.2, 0) is 0 Å². The lowest BCUT2D eigenvalue weighted by molar-refractivity contribution is 0.552. The highest BCUT2D eigenvalue weighted by Gasteiger charge is 1.96. The van der Waals surface area contributed by atoms with Crippen molar-refractivity contribution in [3.8, 4) is 12.3 Å². The molecule has 1 rings (SSSR count). The van der Waals surface area contributed by atoms with Crippen LogP contribution in [0.5, 0.6) is 0 Å². The molecule has 0 heterocycles. The second-order valence-electron chi connectivity index (χ2n) is 3.88. The molecule has 1 atom stereocenters. The first-order chi connectivity index (χ1) is 7.83. The Morgan fingerprint density at radius 1 is 1.38 bits per heavy atom. The SMILES string of the molecule is C#CCNC(C)CC/C=C/c1ccccc1. The smallest absolute Gasteiger partial charge is 0.0575 e. The van der Waals surface area contributed by atoms with Gasteiger partial charge < -0.3 is 5.32 Å². The van der Waals surface area contributed by atoms with Gasteiger partial charge in [-0.3, -0.25) is 0 Å². The maximum absolute atomic E-state index is 5.18. The third-order valence-corrected chi connectivity index (χ3v) is 2.43. The van der Waals surface area contributed by atoms with Crippen molar-refractivity contribution in [1.29, 1.82) is 0 Å². The molecule has 84 valence electrons. The van der Waals surface area contributed by atoms with Gasteiger partial charge in [0.25, 0.3) is 0 Å². The maximum Gasteiger partial charge on any atom is 0.0575 e. The van der Waals surface area contributed by atoms with Crippen LogP contribution in [0, 0.1) is 12.3 Å². The minimum atomic E-state index is 0.483. The fourth-order valence-corrected chi connectivity index (χ4v) is 1.47. The lowest BCUT2D eigenvalue weighted by Gasteiger charge is -2.09. The molecule has 1 aromatic carbocycles. The van der Waals surface area contributed by atoms with Crippen LogP contribution in [0.2, 0.25) is 0 Å². The molecule has 0 fully saturated rings. The third-order valence-electron chi connectivity index (χ3n) is 2.43. The quantitative estimate of drug-likeness (QED) is 0.716. The van der Waals surface area contributed by atoms with Gasteiger partial charge in [0.15, 0.2) is 0 Å². The van der Waals surface area contributed by atoms with Gasteiger partial charge in [0, 0.05) is 6.04 Å². The fourth-order valence-electron chi connectivity index (χ4n) is 1.47. The van der Waals surface area contributed by atoms with Crippen LogP contribution in [0.25, 0.3) is 6.08 Å². The van der Waals surface area contributed by atoms with E-state index in [9.17, 15) is 0 Å². The molecular weight excluding hydrogens is 194 g/mol. The topological polar surface area (TPSA) is 12.0 Å². The Hall–Kier alpha value is -1.52. The number of hydrogen-bond donors (Lipinski definition) is 1. The molecule has 0 aromatic heterocycles. The van der Waals surface area contributed by atoms with Crippen LogP contribution in [0.15, 0.2) is 36.4 Å². The largest absolute Gasteiger partial charge is 0.304 e. The molecule has 1 unspecified atom stereocenters. The Kier molecular flexibility index (Phi) is 6.06. The van der Waals surface area contributed by atoms with Crippen molar-refractivity contribution in [2.45, 2.75) is 25.8 Å². The Balaban J connectivity index is 2.20. The summed E-state index contributed by atoms with van der Waals surface area (Å²) in [5.41, 5.74) is 1.26. The summed E-state index contributed by atoms with van der Waals surface area (Å²) in [7, 11) is 0. The summed E-state index contributed by atoms with van der Waals surface area (Å²) >= 11 is 0. The highest BCUT2D eigenvalue weighted by molar-refractivity contribution is 5.48. The van der Waals surface area contributed by atoms with Gasteiger partial charge in [0.1, 0.15) is 0 Å². The van der Waals surface area contributed by atoms with E-state index in [1.54, 1.807) is 0 Å². The predicted molar refractivity (Wildman–Crippen MR) is 71.0 cm³/mol. The summed E-state index contributed by atoms with van der Waals surface area (Å²) in [5.74, 6) is 2.59. The summed E-state index contributed by atoms with van der Waals surface area (Å²) in [6.07, 6.45) is 11.7. The van der Waals surface area contributed by atoms with Gasteiger partial charge in [0.2, 0.25) is 0 Å².